The van der Waals surface area contributed by atoms with Crippen molar-refractivity contribution < 1.29 is 29.3 Å². The fourth-order valence-electron chi connectivity index (χ4n) is 7.21. The minimum atomic E-state index is -0.936. The molecule has 8 rings (SSSR count). The summed E-state index contributed by atoms with van der Waals surface area (Å²) < 4.78 is 15.8. The molecule has 4 aromatic carbocycles. The number of hydrogen-bond acceptors (Lipinski definition) is 10. The number of aromatic nitrogens is 8. The number of aryl methyl sites for hydroxylation is 2. The first-order valence-electron chi connectivity index (χ1n) is 22.1. The summed E-state index contributed by atoms with van der Waals surface area (Å²) in [5.74, 6) is -0.282. The van der Waals surface area contributed by atoms with Gasteiger partial charge in [0.1, 0.15) is 22.9 Å². The molecule has 0 fully saturated rings. The molecule has 0 aliphatic carbocycles. The van der Waals surface area contributed by atoms with Gasteiger partial charge in [0.05, 0.1) is 36.7 Å². The number of carboxylic acid groups (broad SMARTS) is 2. The standard InChI is InChI=1S/2C26H26N4O3/c31-26(32)21-10-7-9-20(17-21)23-12-3-4-13-25(23)33-16-6-2-1-5-15-30-19-24(28-29-30)22-11-8-14-27-18-22;31-26(32)21-13-11-20(12-14-21)23-9-3-4-10-25(23)33-17-6-2-1-5-16-30-19-24(28-29-30)22-8-7-15-27-18-22/h3-4,7-14,17-19H,1-2,5-6,15-16H2,(H,31,32);3-4,7-15,18-19H,1-2,5-6,16-17H2,(H,31,32). The Labute approximate surface area is 383 Å². The summed E-state index contributed by atoms with van der Waals surface area (Å²) in [5, 5.41) is 35.2. The van der Waals surface area contributed by atoms with Crippen LogP contribution in [0.1, 0.15) is 72.1 Å². The summed E-state index contributed by atoms with van der Waals surface area (Å²) in [5.41, 5.74) is 7.80. The van der Waals surface area contributed by atoms with Crippen molar-refractivity contribution in [3.05, 3.63) is 170 Å². The lowest BCUT2D eigenvalue weighted by atomic mass is 10.0. The molecule has 14 heteroatoms. The van der Waals surface area contributed by atoms with Crippen LogP contribution in [0, 0.1) is 0 Å². The van der Waals surface area contributed by atoms with Crippen LogP contribution in [0.5, 0.6) is 11.5 Å². The van der Waals surface area contributed by atoms with Gasteiger partial charge in [-0.25, -0.2) is 9.59 Å². The van der Waals surface area contributed by atoms with E-state index in [1.807, 2.05) is 113 Å². The quantitative estimate of drug-likeness (QED) is 0.0616. The molecule has 0 radical (unpaired) electrons. The van der Waals surface area contributed by atoms with Gasteiger partial charge >= 0.3 is 11.9 Å². The van der Waals surface area contributed by atoms with Gasteiger partial charge in [-0.05, 0) is 110 Å². The SMILES string of the molecule is O=C(O)c1ccc(-c2ccccc2OCCCCCCn2cc(-c3cccnc3)nn2)cc1.O=C(O)c1cccc(-c2ccccc2OCCCCCCn2cc(-c3cccnc3)nn2)c1. The maximum Gasteiger partial charge on any atom is 0.335 e. The van der Waals surface area contributed by atoms with Gasteiger partial charge in [-0.2, -0.15) is 0 Å². The van der Waals surface area contributed by atoms with E-state index in [-0.39, 0.29) is 11.1 Å². The van der Waals surface area contributed by atoms with E-state index >= 15 is 0 Å². The van der Waals surface area contributed by atoms with Crippen LogP contribution < -0.4 is 9.47 Å². The molecule has 0 atom stereocenters. The van der Waals surface area contributed by atoms with Gasteiger partial charge in [-0.1, -0.05) is 83.9 Å². The predicted molar refractivity (Wildman–Crippen MR) is 252 cm³/mol. The first-order valence-corrected chi connectivity index (χ1v) is 22.1. The molecule has 0 bridgehead atoms. The second kappa shape index (κ2) is 24.2. The van der Waals surface area contributed by atoms with Gasteiger partial charge in [-0.15, -0.1) is 10.2 Å². The van der Waals surface area contributed by atoms with E-state index in [4.69, 9.17) is 14.6 Å². The fourth-order valence-corrected chi connectivity index (χ4v) is 7.21. The van der Waals surface area contributed by atoms with E-state index in [9.17, 15) is 14.7 Å². The second-order valence-electron chi connectivity index (χ2n) is 15.5. The van der Waals surface area contributed by atoms with Crippen LogP contribution in [0.2, 0.25) is 0 Å². The smallest absolute Gasteiger partial charge is 0.335 e. The molecule has 0 aliphatic heterocycles. The first-order chi connectivity index (χ1) is 32.4. The molecule has 8 aromatic rings. The number of carboxylic acids is 2. The van der Waals surface area contributed by atoms with Gasteiger partial charge in [0.2, 0.25) is 0 Å². The zero-order valence-corrected chi connectivity index (χ0v) is 36.6. The molecule has 0 saturated heterocycles. The zero-order valence-electron chi connectivity index (χ0n) is 36.6. The third kappa shape index (κ3) is 13.5. The molecular weight excluding hydrogens is 833 g/mol. The molecule has 4 aromatic heterocycles. The van der Waals surface area contributed by atoms with E-state index in [0.29, 0.717) is 13.2 Å². The van der Waals surface area contributed by atoms with Crippen LogP contribution in [0.15, 0.2) is 159 Å². The van der Waals surface area contributed by atoms with Gasteiger partial charge in [0.15, 0.2) is 0 Å². The molecule has 4 heterocycles. The van der Waals surface area contributed by atoms with Crippen molar-refractivity contribution in [1.82, 2.24) is 40.0 Å². The molecular formula is C52H52N8O6. The van der Waals surface area contributed by atoms with Gasteiger partial charge in [-0.3, -0.25) is 19.3 Å². The Morgan fingerprint density at radius 3 is 1.45 bits per heavy atom. The van der Waals surface area contributed by atoms with E-state index in [1.54, 1.807) is 55.1 Å². The number of unbranched alkanes of at least 4 members (excludes halogenated alkanes) is 6. The topological polar surface area (TPSA) is 180 Å². The van der Waals surface area contributed by atoms with Gasteiger partial charge in [0.25, 0.3) is 0 Å². The van der Waals surface area contributed by atoms with Crippen LogP contribution in [-0.4, -0.2) is 75.3 Å². The first kappa shape index (κ1) is 46.0. The van der Waals surface area contributed by atoms with Crippen molar-refractivity contribution in [2.24, 2.45) is 0 Å². The third-order valence-corrected chi connectivity index (χ3v) is 10.7. The zero-order chi connectivity index (χ0) is 45.8. The van der Waals surface area contributed by atoms with E-state index < -0.39 is 11.9 Å². The number of nitrogens with zero attached hydrogens (tertiary/aromatic N) is 8. The van der Waals surface area contributed by atoms with Gasteiger partial charge in [0, 0.05) is 60.1 Å². The second-order valence-corrected chi connectivity index (χ2v) is 15.5. The molecule has 0 spiro atoms. The summed E-state index contributed by atoms with van der Waals surface area (Å²) in [6.45, 7) is 2.92. The number of rotatable bonds is 22. The third-order valence-electron chi connectivity index (χ3n) is 10.7. The van der Waals surface area contributed by atoms with E-state index in [1.165, 1.54) is 0 Å². The molecule has 14 nitrogen and oxygen atoms in total. The molecule has 336 valence electrons. The lowest BCUT2D eigenvalue weighted by molar-refractivity contribution is 0.0686. The van der Waals surface area contributed by atoms with Crippen molar-refractivity contribution in [3.8, 4) is 56.3 Å². The average Bonchev–Trinajstić information content (AvgIpc) is 4.05. The van der Waals surface area contributed by atoms with Crippen molar-refractivity contribution in [1.29, 1.82) is 0 Å². The number of hydrogen-bond donors (Lipinski definition) is 2. The molecule has 0 amide bonds. The van der Waals surface area contributed by atoms with Crippen LogP contribution in [0.25, 0.3) is 44.8 Å². The lowest BCUT2D eigenvalue weighted by Crippen LogP contribution is -2.01. The highest BCUT2D eigenvalue weighted by Crippen LogP contribution is 2.32. The predicted octanol–water partition coefficient (Wildman–Crippen LogP) is 10.7. The highest BCUT2D eigenvalue weighted by molar-refractivity contribution is 5.90. The van der Waals surface area contributed by atoms with Crippen LogP contribution >= 0.6 is 0 Å². The Morgan fingerprint density at radius 2 is 0.955 bits per heavy atom. The number of benzene rings is 4. The number of carbonyl (C=O) groups is 2. The van der Waals surface area contributed by atoms with E-state index in [0.717, 1.165) is 121 Å². The van der Waals surface area contributed by atoms with Crippen molar-refractivity contribution in [2.45, 2.75) is 64.5 Å². The molecule has 66 heavy (non-hydrogen) atoms. The van der Waals surface area contributed by atoms with Crippen molar-refractivity contribution >= 4 is 11.9 Å². The molecule has 0 saturated carbocycles. The summed E-state index contributed by atoms with van der Waals surface area (Å²) >= 11 is 0. The number of ether oxygens (including phenoxy) is 2. The lowest BCUT2D eigenvalue weighted by Gasteiger charge is -2.12. The maximum absolute atomic E-state index is 11.3. The Bertz CT molecular complexity index is 2740. The Kier molecular flexibility index (Phi) is 16.8. The molecule has 2 N–H and O–H groups in total. The van der Waals surface area contributed by atoms with Gasteiger partial charge < -0.3 is 19.7 Å². The maximum atomic E-state index is 11.3. The number of pyridine rings is 2. The van der Waals surface area contributed by atoms with Crippen LogP contribution in [-0.2, 0) is 13.1 Å². The Balaban J connectivity index is 0.000000196. The molecule has 0 aliphatic rings. The number of aromatic carboxylic acids is 2. The Hall–Kier alpha value is -8.00. The highest BCUT2D eigenvalue weighted by Gasteiger charge is 2.11. The Morgan fingerprint density at radius 1 is 0.470 bits per heavy atom. The minimum absolute atomic E-state index is 0.266. The van der Waals surface area contributed by atoms with Crippen LogP contribution in [0.4, 0.5) is 0 Å². The minimum Gasteiger partial charge on any atom is -0.493 e. The van der Waals surface area contributed by atoms with E-state index in [2.05, 4.69) is 30.6 Å². The van der Waals surface area contributed by atoms with Crippen LogP contribution in [0.3, 0.4) is 0 Å². The molecule has 0 unspecified atom stereocenters. The van der Waals surface area contributed by atoms with Crippen molar-refractivity contribution in [2.75, 3.05) is 13.2 Å². The summed E-state index contributed by atoms with van der Waals surface area (Å²) in [7, 11) is 0. The largest absolute Gasteiger partial charge is 0.493 e. The monoisotopic (exact) mass is 884 g/mol. The van der Waals surface area contributed by atoms with Crippen molar-refractivity contribution in [3.63, 3.8) is 0 Å². The summed E-state index contributed by atoms with van der Waals surface area (Å²) in [6, 6.07) is 37.1. The highest BCUT2D eigenvalue weighted by atomic mass is 16.5. The average molecular weight is 885 g/mol. The fraction of sp³-hybridized carbons (Fsp3) is 0.231. The normalized spacial score (nSPS) is 10.8. The summed E-state index contributed by atoms with van der Waals surface area (Å²) in [4.78, 5) is 30.6. The summed E-state index contributed by atoms with van der Waals surface area (Å²) in [6.07, 6.45) is 19.2. The number of para-hydroxylation sites is 2.